The lowest BCUT2D eigenvalue weighted by molar-refractivity contribution is -0.269. The summed E-state index contributed by atoms with van der Waals surface area (Å²) < 4.78 is 28.7. The molecule has 0 aromatic rings. The summed E-state index contributed by atoms with van der Waals surface area (Å²) in [6.45, 7) is 8.79. The molecule has 43 heavy (non-hydrogen) atoms. The van der Waals surface area contributed by atoms with Gasteiger partial charge in [-0.25, -0.2) is 19.2 Å². The lowest BCUT2D eigenvalue weighted by Crippen LogP contribution is -2.75. The summed E-state index contributed by atoms with van der Waals surface area (Å²) in [6.07, 6.45) is -1.35. The third-order valence-electron chi connectivity index (χ3n) is 10.4. The summed E-state index contributed by atoms with van der Waals surface area (Å²) in [5.74, 6) is -5.76. The van der Waals surface area contributed by atoms with Crippen LogP contribution in [0.5, 0.6) is 0 Å². The van der Waals surface area contributed by atoms with Gasteiger partial charge in [-0.05, 0) is 50.5 Å². The van der Waals surface area contributed by atoms with Gasteiger partial charge in [-0.15, -0.1) is 0 Å². The second-order valence-electron chi connectivity index (χ2n) is 13.2. The van der Waals surface area contributed by atoms with E-state index in [2.05, 4.69) is 0 Å². The zero-order valence-corrected chi connectivity index (χ0v) is 25.5. The predicted octanol–water partition coefficient (Wildman–Crippen LogP) is 1.66. The van der Waals surface area contributed by atoms with E-state index in [9.17, 15) is 29.1 Å². The first-order valence-electron chi connectivity index (χ1n) is 14.9. The summed E-state index contributed by atoms with van der Waals surface area (Å²) in [5, 5.41) is 11.8. The number of esters is 4. The number of hydrogen-bond acceptors (Lipinski definition) is 12. The van der Waals surface area contributed by atoms with Gasteiger partial charge in [0.15, 0.2) is 17.1 Å². The number of aliphatic hydroxyl groups is 1. The molecule has 2 saturated heterocycles. The van der Waals surface area contributed by atoms with Crippen LogP contribution in [0.3, 0.4) is 0 Å². The molecule has 10 atom stereocenters. The summed E-state index contributed by atoms with van der Waals surface area (Å²) >= 11 is 0. The number of rotatable bonds is 7. The average molecular weight is 604 g/mol. The second kappa shape index (κ2) is 10.8. The Labute approximate surface area is 250 Å². The van der Waals surface area contributed by atoms with Gasteiger partial charge in [-0.2, -0.15) is 0 Å². The van der Waals surface area contributed by atoms with Gasteiger partial charge in [0, 0.05) is 30.3 Å². The number of nitrogens with two attached hydrogens (primary N) is 1. The molecule has 0 aromatic heterocycles. The monoisotopic (exact) mass is 603 g/mol. The van der Waals surface area contributed by atoms with Crippen LogP contribution in [0, 0.1) is 28.6 Å². The summed E-state index contributed by atoms with van der Waals surface area (Å²) in [4.78, 5) is 66.2. The van der Waals surface area contributed by atoms with E-state index in [0.717, 1.165) is 0 Å². The van der Waals surface area contributed by atoms with Crippen molar-refractivity contribution in [3.05, 3.63) is 23.0 Å². The molecule has 2 aliphatic heterocycles. The zero-order valence-electron chi connectivity index (χ0n) is 25.5. The molecule has 0 radical (unpaired) electrons. The maximum absolute atomic E-state index is 13.7. The van der Waals surface area contributed by atoms with Crippen molar-refractivity contribution < 1.29 is 52.8 Å². The highest BCUT2D eigenvalue weighted by molar-refractivity contribution is 5.98. The van der Waals surface area contributed by atoms with Crippen LogP contribution < -0.4 is 5.73 Å². The molecule has 236 valence electrons. The minimum absolute atomic E-state index is 0.0703. The molecule has 3 N–H and O–H groups in total. The van der Waals surface area contributed by atoms with Crippen LogP contribution in [0.15, 0.2) is 23.0 Å². The predicted molar refractivity (Wildman–Crippen MR) is 147 cm³/mol. The Balaban J connectivity index is 1.62. The van der Waals surface area contributed by atoms with E-state index in [1.54, 1.807) is 20.8 Å². The third-order valence-corrected chi connectivity index (χ3v) is 10.4. The van der Waals surface area contributed by atoms with Crippen molar-refractivity contribution in [1.82, 2.24) is 0 Å². The number of allylic oxidation sites excluding steroid dienone is 3. The average Bonchev–Trinajstić information content (AvgIpc) is 3.17. The van der Waals surface area contributed by atoms with E-state index in [1.165, 1.54) is 13.2 Å². The van der Waals surface area contributed by atoms with Crippen LogP contribution in [0.4, 0.5) is 0 Å². The number of hydrogen-bond donors (Lipinski definition) is 2. The largest absolute Gasteiger partial charge is 0.467 e. The van der Waals surface area contributed by atoms with Gasteiger partial charge >= 0.3 is 23.9 Å². The fourth-order valence-electron chi connectivity index (χ4n) is 9.02. The Kier molecular flexibility index (Phi) is 7.88. The molecular weight excluding hydrogens is 562 g/mol. The normalized spacial score (nSPS) is 40.0. The molecule has 8 unspecified atom stereocenters. The first-order valence-corrected chi connectivity index (χ1v) is 14.9. The zero-order chi connectivity index (χ0) is 31.6. The van der Waals surface area contributed by atoms with E-state index in [4.69, 9.17) is 29.4 Å². The van der Waals surface area contributed by atoms with Gasteiger partial charge in [-0.3, -0.25) is 4.79 Å². The first-order chi connectivity index (χ1) is 20.2. The van der Waals surface area contributed by atoms with Crippen LogP contribution in [-0.4, -0.2) is 78.4 Å². The molecule has 0 aromatic carbocycles. The molecule has 5 rings (SSSR count). The van der Waals surface area contributed by atoms with E-state index in [0.29, 0.717) is 24.0 Å². The maximum atomic E-state index is 13.7. The van der Waals surface area contributed by atoms with Gasteiger partial charge in [0.05, 0.1) is 25.7 Å². The number of Topliss-reactive ketones (excluding diaryl/α,β-unsaturated/α-hetero) is 1. The van der Waals surface area contributed by atoms with Crippen LogP contribution in [0.2, 0.25) is 0 Å². The Morgan fingerprint density at radius 2 is 1.91 bits per heavy atom. The van der Waals surface area contributed by atoms with Crippen molar-refractivity contribution in [1.29, 1.82) is 0 Å². The Hall–Kier alpha value is -3.09. The highest BCUT2D eigenvalue weighted by Gasteiger charge is 2.82. The Bertz CT molecular complexity index is 1320. The number of ketones is 1. The number of methoxy groups -OCH3 is 1. The molecule has 1 spiro atoms. The fraction of sp³-hybridized carbons (Fsp3) is 0.710. The molecular formula is C31H41NO11. The van der Waals surface area contributed by atoms with Gasteiger partial charge in [0.25, 0.3) is 0 Å². The van der Waals surface area contributed by atoms with E-state index < -0.39 is 88.2 Å². The standard InChI is InChI=1S/C31H41NO11/c1-7-8-17(32)26(36)43-22-15(4)16-10-20-30-13-40-31(28(38)39-6,12-19(34)24(30)29(16,5)11-18(22)33)25(30)23(27(37)41-20)42-21(35)9-14(2)3/h9,16-17,19-20,23-25,34H,7-8,10-13,32H2,1-6H3/t16?,17?,19-,20?,23?,24?,25?,29?,30?,31+/m0/s1. The van der Waals surface area contributed by atoms with Gasteiger partial charge in [0.2, 0.25) is 6.10 Å². The molecule has 12 nitrogen and oxygen atoms in total. The summed E-state index contributed by atoms with van der Waals surface area (Å²) in [6, 6.07) is -0.880. The minimum Gasteiger partial charge on any atom is -0.467 e. The second-order valence-corrected chi connectivity index (χ2v) is 13.2. The first kappa shape index (κ1) is 31.3. The number of carbonyl (C=O) groups is 5. The molecule has 2 bridgehead atoms. The van der Waals surface area contributed by atoms with Crippen LogP contribution in [-0.2, 0) is 47.7 Å². The molecule has 2 heterocycles. The van der Waals surface area contributed by atoms with Gasteiger partial charge in [-0.1, -0.05) is 25.8 Å². The Morgan fingerprint density at radius 1 is 1.21 bits per heavy atom. The van der Waals surface area contributed by atoms with Crippen LogP contribution in [0.1, 0.15) is 66.7 Å². The number of ether oxygens (including phenoxy) is 5. The van der Waals surface area contributed by atoms with Crippen LogP contribution in [0.25, 0.3) is 0 Å². The van der Waals surface area contributed by atoms with Crippen molar-refractivity contribution in [2.75, 3.05) is 13.7 Å². The highest BCUT2D eigenvalue weighted by atomic mass is 16.6. The van der Waals surface area contributed by atoms with E-state index in [-0.39, 0.29) is 31.6 Å². The van der Waals surface area contributed by atoms with Gasteiger partial charge in [0.1, 0.15) is 12.1 Å². The van der Waals surface area contributed by atoms with Crippen molar-refractivity contribution in [2.24, 2.45) is 34.3 Å². The molecule has 5 aliphatic rings. The number of carbonyl (C=O) groups excluding carboxylic acids is 5. The quantitative estimate of drug-likeness (QED) is 0.245. The summed E-state index contributed by atoms with van der Waals surface area (Å²) in [5.41, 5.74) is 3.23. The van der Waals surface area contributed by atoms with E-state index in [1.807, 2.05) is 13.8 Å². The third kappa shape index (κ3) is 4.47. The number of fused-ring (bicyclic) bond motifs is 2. The molecule has 12 heteroatoms. The van der Waals surface area contributed by atoms with E-state index >= 15 is 0 Å². The maximum Gasteiger partial charge on any atom is 0.348 e. The molecule has 3 aliphatic carbocycles. The van der Waals surface area contributed by atoms with Crippen molar-refractivity contribution in [2.45, 2.75) is 96.7 Å². The molecule has 0 amide bonds. The number of aliphatic hydroxyl groups excluding tert-OH is 1. The lowest BCUT2D eigenvalue weighted by atomic mass is 9.38. The topological polar surface area (TPSA) is 178 Å². The minimum atomic E-state index is -1.78. The fourth-order valence-corrected chi connectivity index (χ4v) is 9.02. The summed E-state index contributed by atoms with van der Waals surface area (Å²) in [7, 11) is 1.19. The van der Waals surface area contributed by atoms with Crippen LogP contribution >= 0.6 is 0 Å². The van der Waals surface area contributed by atoms with Crippen molar-refractivity contribution >= 4 is 29.7 Å². The van der Waals surface area contributed by atoms with Crippen molar-refractivity contribution in [3.63, 3.8) is 0 Å². The molecule has 2 saturated carbocycles. The van der Waals surface area contributed by atoms with Crippen molar-refractivity contribution in [3.8, 4) is 0 Å². The van der Waals surface area contributed by atoms with Gasteiger partial charge < -0.3 is 34.5 Å². The lowest BCUT2D eigenvalue weighted by Gasteiger charge is -2.66. The highest BCUT2D eigenvalue weighted by Crippen LogP contribution is 2.72. The Morgan fingerprint density at radius 3 is 2.53 bits per heavy atom. The molecule has 4 fully saturated rings. The SMILES string of the molecule is CCCC(N)C(=O)OC1=C(C)C2CC3OC(=O)C(OC(=O)C=C(C)C)C4C35CO[C@]4(C(=O)OC)C[C@H](O)C5C2(C)CC1=O. The smallest absolute Gasteiger partial charge is 0.348 e.